The molecule has 4 nitrogen and oxygen atoms in total. The van der Waals surface area contributed by atoms with Crippen molar-refractivity contribution in [2.45, 2.75) is 18.9 Å². The minimum absolute atomic E-state index is 0.194. The average molecular weight is 342 g/mol. The van der Waals surface area contributed by atoms with Crippen LogP contribution in [0.1, 0.15) is 18.9 Å². The van der Waals surface area contributed by atoms with Crippen LogP contribution >= 0.6 is 15.9 Å². The number of nitrogens with one attached hydrogen (secondary N) is 1. The van der Waals surface area contributed by atoms with Gasteiger partial charge in [-0.3, -0.25) is 4.79 Å². The normalized spacial score (nSPS) is 14.2. The second-order valence-electron chi connectivity index (χ2n) is 4.84. The molecule has 0 aromatic heterocycles. The third kappa shape index (κ3) is 6.84. The highest BCUT2D eigenvalue weighted by Crippen LogP contribution is 2.11. The predicted molar refractivity (Wildman–Crippen MR) is 83.3 cm³/mol. The SMILES string of the molecule is COCCC(C)(O)CNC(=O)/C=C/c1ccc(Br)cc1. The van der Waals surface area contributed by atoms with Crippen LogP contribution in [0.15, 0.2) is 34.8 Å². The van der Waals surface area contributed by atoms with Gasteiger partial charge in [0.1, 0.15) is 0 Å². The van der Waals surface area contributed by atoms with E-state index in [9.17, 15) is 9.90 Å². The quantitative estimate of drug-likeness (QED) is 0.748. The molecule has 1 atom stereocenters. The number of ether oxygens (including phenoxy) is 1. The van der Waals surface area contributed by atoms with Crippen molar-refractivity contribution in [3.8, 4) is 0 Å². The Morgan fingerprint density at radius 1 is 1.45 bits per heavy atom. The Balaban J connectivity index is 2.41. The lowest BCUT2D eigenvalue weighted by Crippen LogP contribution is -2.40. The number of methoxy groups -OCH3 is 1. The van der Waals surface area contributed by atoms with Gasteiger partial charge in [-0.1, -0.05) is 28.1 Å². The molecular weight excluding hydrogens is 322 g/mol. The van der Waals surface area contributed by atoms with Gasteiger partial charge in [-0.2, -0.15) is 0 Å². The number of carbonyl (C=O) groups is 1. The smallest absolute Gasteiger partial charge is 0.244 e. The number of hydrogen-bond donors (Lipinski definition) is 2. The molecule has 0 saturated carbocycles. The van der Waals surface area contributed by atoms with E-state index in [1.54, 1.807) is 20.1 Å². The molecule has 20 heavy (non-hydrogen) atoms. The molecule has 0 fully saturated rings. The van der Waals surface area contributed by atoms with E-state index in [4.69, 9.17) is 4.74 Å². The van der Waals surface area contributed by atoms with E-state index in [2.05, 4.69) is 21.2 Å². The number of halogens is 1. The molecule has 1 aromatic carbocycles. The molecule has 1 amide bonds. The van der Waals surface area contributed by atoms with E-state index in [1.807, 2.05) is 24.3 Å². The summed E-state index contributed by atoms with van der Waals surface area (Å²) in [5.41, 5.74) is -0.0218. The second kappa shape index (κ2) is 8.19. The van der Waals surface area contributed by atoms with Crippen LogP contribution < -0.4 is 5.32 Å². The van der Waals surface area contributed by atoms with E-state index >= 15 is 0 Å². The van der Waals surface area contributed by atoms with Gasteiger partial charge in [0.05, 0.1) is 5.60 Å². The Labute approximate surface area is 128 Å². The van der Waals surface area contributed by atoms with Crippen molar-refractivity contribution < 1.29 is 14.6 Å². The molecule has 0 aliphatic heterocycles. The minimum atomic E-state index is -0.961. The van der Waals surface area contributed by atoms with Gasteiger partial charge in [0.2, 0.25) is 5.91 Å². The van der Waals surface area contributed by atoms with Crippen LogP contribution in [0.3, 0.4) is 0 Å². The van der Waals surface area contributed by atoms with Gasteiger partial charge in [-0.05, 0) is 30.7 Å². The van der Waals surface area contributed by atoms with Crippen LogP contribution in [0.25, 0.3) is 6.08 Å². The zero-order chi connectivity index (χ0) is 15.0. The van der Waals surface area contributed by atoms with Gasteiger partial charge in [0.25, 0.3) is 0 Å². The lowest BCUT2D eigenvalue weighted by molar-refractivity contribution is -0.117. The fraction of sp³-hybridized carbons (Fsp3) is 0.400. The minimum Gasteiger partial charge on any atom is -0.388 e. The van der Waals surface area contributed by atoms with Crippen LogP contribution in [0.4, 0.5) is 0 Å². The van der Waals surface area contributed by atoms with Crippen LogP contribution in [-0.2, 0) is 9.53 Å². The van der Waals surface area contributed by atoms with Gasteiger partial charge in [-0.25, -0.2) is 0 Å². The number of rotatable bonds is 7. The Kier molecular flexibility index (Phi) is 6.91. The van der Waals surface area contributed by atoms with Crippen molar-refractivity contribution in [2.75, 3.05) is 20.3 Å². The predicted octanol–water partition coefficient (Wildman–Crippen LogP) is 2.37. The third-order valence-corrected chi connectivity index (χ3v) is 3.31. The molecule has 1 unspecified atom stereocenters. The van der Waals surface area contributed by atoms with Crippen molar-refractivity contribution in [1.29, 1.82) is 0 Å². The number of hydrogen-bond acceptors (Lipinski definition) is 3. The Hall–Kier alpha value is -1.17. The standard InChI is InChI=1S/C15H20BrNO3/c1-15(19,9-10-20-2)11-17-14(18)8-5-12-3-6-13(16)7-4-12/h3-8,19H,9-11H2,1-2H3,(H,17,18)/b8-5+. The van der Waals surface area contributed by atoms with E-state index in [1.165, 1.54) is 6.08 Å². The molecule has 2 N–H and O–H groups in total. The summed E-state index contributed by atoms with van der Waals surface area (Å²) >= 11 is 3.35. The summed E-state index contributed by atoms with van der Waals surface area (Å²) < 4.78 is 5.90. The first-order chi connectivity index (χ1) is 9.43. The first kappa shape index (κ1) is 16.9. The topological polar surface area (TPSA) is 58.6 Å². The maximum Gasteiger partial charge on any atom is 0.244 e. The summed E-state index contributed by atoms with van der Waals surface area (Å²) in [4.78, 5) is 11.7. The monoisotopic (exact) mass is 341 g/mol. The molecule has 1 rings (SSSR count). The molecule has 1 aromatic rings. The van der Waals surface area contributed by atoms with E-state index in [-0.39, 0.29) is 12.5 Å². The van der Waals surface area contributed by atoms with E-state index < -0.39 is 5.60 Å². The number of carbonyl (C=O) groups excluding carboxylic acids is 1. The Morgan fingerprint density at radius 2 is 2.10 bits per heavy atom. The third-order valence-electron chi connectivity index (χ3n) is 2.79. The van der Waals surface area contributed by atoms with Crippen molar-refractivity contribution in [3.05, 3.63) is 40.4 Å². The van der Waals surface area contributed by atoms with Gasteiger partial charge in [0.15, 0.2) is 0 Å². The highest BCUT2D eigenvalue weighted by atomic mass is 79.9. The molecule has 0 saturated heterocycles. The summed E-state index contributed by atoms with van der Waals surface area (Å²) in [5.74, 6) is -0.231. The van der Waals surface area contributed by atoms with Gasteiger partial charge in [0, 0.05) is 37.2 Å². The number of aliphatic hydroxyl groups is 1. The fourth-order valence-corrected chi connectivity index (χ4v) is 1.76. The summed E-state index contributed by atoms with van der Waals surface area (Å²) in [5, 5.41) is 12.7. The maximum atomic E-state index is 11.7. The van der Waals surface area contributed by atoms with E-state index in [0.717, 1.165) is 10.0 Å². The van der Waals surface area contributed by atoms with Crippen LogP contribution in [0.5, 0.6) is 0 Å². The lowest BCUT2D eigenvalue weighted by Gasteiger charge is -2.22. The van der Waals surface area contributed by atoms with Crippen molar-refractivity contribution in [1.82, 2.24) is 5.32 Å². The lowest BCUT2D eigenvalue weighted by atomic mass is 10.0. The van der Waals surface area contributed by atoms with Crippen LogP contribution in [-0.4, -0.2) is 36.9 Å². The summed E-state index contributed by atoms with van der Waals surface area (Å²) in [6.07, 6.45) is 3.65. The Morgan fingerprint density at radius 3 is 2.70 bits per heavy atom. The molecule has 0 aliphatic carbocycles. The van der Waals surface area contributed by atoms with Crippen LogP contribution in [0, 0.1) is 0 Å². The second-order valence-corrected chi connectivity index (χ2v) is 5.76. The number of benzene rings is 1. The van der Waals surface area contributed by atoms with Crippen LogP contribution in [0.2, 0.25) is 0 Å². The van der Waals surface area contributed by atoms with Crippen molar-refractivity contribution in [2.24, 2.45) is 0 Å². The molecule has 110 valence electrons. The van der Waals surface area contributed by atoms with Gasteiger partial charge < -0.3 is 15.2 Å². The molecule has 0 aliphatic rings. The molecule has 5 heteroatoms. The first-order valence-electron chi connectivity index (χ1n) is 6.36. The first-order valence-corrected chi connectivity index (χ1v) is 7.15. The fourth-order valence-electron chi connectivity index (χ4n) is 1.49. The molecule has 0 bridgehead atoms. The summed E-state index contributed by atoms with van der Waals surface area (Å²) in [6.45, 7) is 2.32. The van der Waals surface area contributed by atoms with Gasteiger partial charge >= 0.3 is 0 Å². The van der Waals surface area contributed by atoms with Crippen molar-refractivity contribution >= 4 is 27.9 Å². The Bertz CT molecular complexity index is 455. The molecular formula is C15H20BrNO3. The summed E-state index contributed by atoms with van der Waals surface area (Å²) in [7, 11) is 1.58. The molecule has 0 spiro atoms. The maximum absolute atomic E-state index is 11.7. The molecule has 0 radical (unpaired) electrons. The molecule has 0 heterocycles. The van der Waals surface area contributed by atoms with E-state index in [0.29, 0.717) is 13.0 Å². The highest BCUT2D eigenvalue weighted by Gasteiger charge is 2.20. The zero-order valence-electron chi connectivity index (χ0n) is 11.7. The summed E-state index contributed by atoms with van der Waals surface area (Å²) in [6, 6.07) is 7.63. The number of amides is 1. The largest absolute Gasteiger partial charge is 0.388 e. The average Bonchev–Trinajstić information content (AvgIpc) is 2.42. The van der Waals surface area contributed by atoms with Crippen molar-refractivity contribution in [3.63, 3.8) is 0 Å². The highest BCUT2D eigenvalue weighted by molar-refractivity contribution is 9.10. The van der Waals surface area contributed by atoms with Gasteiger partial charge in [-0.15, -0.1) is 0 Å². The zero-order valence-corrected chi connectivity index (χ0v) is 13.3.